The molecule has 0 atom stereocenters. The molecule has 0 amide bonds. The molecule has 0 radical (unpaired) electrons. The van der Waals surface area contributed by atoms with Gasteiger partial charge in [0.2, 0.25) is 0 Å². The lowest BCUT2D eigenvalue weighted by molar-refractivity contribution is 0.0581. The van der Waals surface area contributed by atoms with E-state index in [-0.39, 0.29) is 11.2 Å². The molecule has 9 heteroatoms. The van der Waals surface area contributed by atoms with E-state index in [0.717, 1.165) is 54.6 Å². The first-order chi connectivity index (χ1) is 16.3. The highest BCUT2D eigenvalue weighted by atomic mass is 35.5. The SMILES string of the molecule is CC(C)(C#N)N1Cc2cc(Cl)ccc2-n2c(nnc2C2CC3(C2)CN(c2ccc(F)cn2)C3)C1. The second-order valence-corrected chi connectivity index (χ2v) is 10.8. The number of aromatic nitrogens is 4. The summed E-state index contributed by atoms with van der Waals surface area (Å²) in [5.74, 6) is 2.68. The molecule has 7 nitrogen and oxygen atoms in total. The molecule has 0 bridgehead atoms. The van der Waals surface area contributed by atoms with Gasteiger partial charge in [-0.2, -0.15) is 5.26 Å². The lowest BCUT2D eigenvalue weighted by atomic mass is 9.57. The third kappa shape index (κ3) is 3.38. The van der Waals surface area contributed by atoms with E-state index in [1.165, 1.54) is 12.3 Å². The molecule has 4 heterocycles. The maximum atomic E-state index is 13.2. The number of halogens is 2. The van der Waals surface area contributed by atoms with Gasteiger partial charge in [0.1, 0.15) is 23.0 Å². The molecule has 6 rings (SSSR count). The van der Waals surface area contributed by atoms with Crippen LogP contribution in [0.5, 0.6) is 0 Å². The fourth-order valence-corrected chi connectivity index (χ4v) is 5.86. The van der Waals surface area contributed by atoms with Gasteiger partial charge in [-0.05, 0) is 62.6 Å². The summed E-state index contributed by atoms with van der Waals surface area (Å²) in [5.41, 5.74) is 1.73. The van der Waals surface area contributed by atoms with Crippen molar-refractivity contribution in [2.75, 3.05) is 18.0 Å². The number of rotatable bonds is 3. The van der Waals surface area contributed by atoms with E-state index in [1.54, 1.807) is 6.07 Å². The first-order valence-electron chi connectivity index (χ1n) is 11.5. The van der Waals surface area contributed by atoms with Gasteiger partial charge < -0.3 is 4.90 Å². The lowest BCUT2D eigenvalue weighted by Gasteiger charge is -2.59. The minimum absolute atomic E-state index is 0.259. The maximum absolute atomic E-state index is 13.2. The molecule has 34 heavy (non-hydrogen) atoms. The summed E-state index contributed by atoms with van der Waals surface area (Å²) in [5, 5.41) is 19.6. The highest BCUT2D eigenvalue weighted by Crippen LogP contribution is 2.56. The topological polar surface area (TPSA) is 73.9 Å². The van der Waals surface area contributed by atoms with Crippen LogP contribution in [0.15, 0.2) is 36.5 Å². The van der Waals surface area contributed by atoms with Gasteiger partial charge in [-0.15, -0.1) is 10.2 Å². The van der Waals surface area contributed by atoms with Crippen molar-refractivity contribution in [2.24, 2.45) is 5.41 Å². The van der Waals surface area contributed by atoms with Crippen LogP contribution in [0.25, 0.3) is 5.69 Å². The summed E-state index contributed by atoms with van der Waals surface area (Å²) in [6, 6.07) is 11.5. The fourth-order valence-electron chi connectivity index (χ4n) is 5.66. The molecule has 3 aliphatic rings. The molecule has 1 aliphatic carbocycles. The van der Waals surface area contributed by atoms with Crippen LogP contribution < -0.4 is 4.90 Å². The standard InChI is InChI=1S/C25H25ClFN7/c1-24(2,13-28)33-11-16-7-18(26)3-5-20(16)34-22(12-33)30-31-23(34)17-8-25(9-17)14-32(15-25)21-6-4-19(27)10-29-21/h3-7,10,17H,8-9,11-12,14-15H2,1-2H3. The van der Waals surface area contributed by atoms with E-state index in [4.69, 9.17) is 11.6 Å². The van der Waals surface area contributed by atoms with Gasteiger partial charge in [0, 0.05) is 36.0 Å². The van der Waals surface area contributed by atoms with Gasteiger partial charge in [-0.25, -0.2) is 9.37 Å². The Labute approximate surface area is 202 Å². The molecule has 1 saturated carbocycles. The van der Waals surface area contributed by atoms with E-state index in [2.05, 4.69) is 35.6 Å². The molecule has 0 unspecified atom stereocenters. The van der Waals surface area contributed by atoms with Gasteiger partial charge in [-0.3, -0.25) is 9.47 Å². The zero-order valence-electron chi connectivity index (χ0n) is 19.2. The molecular weight excluding hydrogens is 453 g/mol. The van der Waals surface area contributed by atoms with Crippen molar-refractivity contribution in [3.8, 4) is 11.8 Å². The number of nitrogens with zero attached hydrogens (tertiary/aromatic N) is 7. The van der Waals surface area contributed by atoms with Crippen molar-refractivity contribution < 1.29 is 4.39 Å². The van der Waals surface area contributed by atoms with Crippen LogP contribution in [0.3, 0.4) is 0 Å². The number of hydrogen-bond donors (Lipinski definition) is 0. The molecule has 1 aromatic carbocycles. The van der Waals surface area contributed by atoms with Gasteiger partial charge in [0.25, 0.3) is 0 Å². The minimum Gasteiger partial charge on any atom is -0.355 e. The first-order valence-corrected chi connectivity index (χ1v) is 11.9. The third-order valence-corrected chi connectivity index (χ3v) is 7.84. The normalized spacial score (nSPS) is 19.6. The molecule has 1 saturated heterocycles. The molecule has 2 aromatic heterocycles. The van der Waals surface area contributed by atoms with E-state index in [1.807, 2.05) is 32.0 Å². The van der Waals surface area contributed by atoms with E-state index < -0.39 is 5.54 Å². The van der Waals surface area contributed by atoms with E-state index in [0.29, 0.717) is 24.0 Å². The Bertz CT molecular complexity index is 1300. The van der Waals surface area contributed by atoms with Crippen molar-refractivity contribution >= 4 is 17.4 Å². The first kappa shape index (κ1) is 21.5. The van der Waals surface area contributed by atoms with Gasteiger partial charge in [-0.1, -0.05) is 11.6 Å². The molecule has 174 valence electrons. The Balaban J connectivity index is 1.26. The second-order valence-electron chi connectivity index (χ2n) is 10.4. The van der Waals surface area contributed by atoms with Gasteiger partial charge >= 0.3 is 0 Å². The third-order valence-electron chi connectivity index (χ3n) is 7.61. The van der Waals surface area contributed by atoms with Crippen LogP contribution in [-0.4, -0.2) is 43.3 Å². The highest BCUT2D eigenvalue weighted by Gasteiger charge is 2.54. The summed E-state index contributed by atoms with van der Waals surface area (Å²) in [4.78, 5) is 8.55. The largest absolute Gasteiger partial charge is 0.355 e. The average Bonchev–Trinajstić information content (AvgIpc) is 3.08. The Morgan fingerprint density at radius 1 is 1.15 bits per heavy atom. The molecular formula is C25H25ClFN7. The smallest absolute Gasteiger partial charge is 0.151 e. The number of fused-ring (bicyclic) bond motifs is 3. The predicted molar refractivity (Wildman–Crippen MR) is 126 cm³/mol. The summed E-state index contributed by atoms with van der Waals surface area (Å²) in [6.07, 6.45) is 3.36. The number of hydrogen-bond acceptors (Lipinski definition) is 6. The van der Waals surface area contributed by atoms with Crippen LogP contribution in [0, 0.1) is 22.6 Å². The van der Waals surface area contributed by atoms with Crippen LogP contribution in [0.4, 0.5) is 10.2 Å². The molecule has 2 fully saturated rings. The number of anilines is 1. The van der Waals surface area contributed by atoms with Gasteiger partial charge in [0.05, 0.1) is 24.5 Å². The second kappa shape index (κ2) is 7.49. The Hall–Kier alpha value is -3.02. The Morgan fingerprint density at radius 3 is 2.65 bits per heavy atom. The van der Waals surface area contributed by atoms with E-state index in [9.17, 15) is 9.65 Å². The quantitative estimate of drug-likeness (QED) is 0.554. The van der Waals surface area contributed by atoms with Gasteiger partial charge in [0.15, 0.2) is 5.82 Å². The van der Waals surface area contributed by atoms with Crippen molar-refractivity contribution in [1.82, 2.24) is 24.6 Å². The average molecular weight is 478 g/mol. The van der Waals surface area contributed by atoms with Crippen molar-refractivity contribution in [1.29, 1.82) is 5.26 Å². The van der Waals surface area contributed by atoms with Crippen LogP contribution in [0.1, 0.15) is 49.8 Å². The van der Waals surface area contributed by atoms with E-state index >= 15 is 0 Å². The summed E-state index contributed by atoms with van der Waals surface area (Å²) < 4.78 is 15.4. The summed E-state index contributed by atoms with van der Waals surface area (Å²) in [6.45, 7) is 6.88. The molecule has 2 aliphatic heterocycles. The zero-order valence-corrected chi connectivity index (χ0v) is 19.9. The summed E-state index contributed by atoms with van der Waals surface area (Å²) in [7, 11) is 0. The van der Waals surface area contributed by atoms with Crippen LogP contribution in [0.2, 0.25) is 5.02 Å². The number of benzene rings is 1. The zero-order chi connectivity index (χ0) is 23.7. The number of nitriles is 1. The minimum atomic E-state index is -0.648. The van der Waals surface area contributed by atoms with Crippen molar-refractivity contribution in [3.63, 3.8) is 0 Å². The molecule has 3 aromatic rings. The van der Waals surface area contributed by atoms with Crippen LogP contribution in [-0.2, 0) is 13.1 Å². The monoisotopic (exact) mass is 477 g/mol. The Morgan fingerprint density at radius 2 is 1.94 bits per heavy atom. The maximum Gasteiger partial charge on any atom is 0.151 e. The lowest BCUT2D eigenvalue weighted by Crippen LogP contribution is -2.62. The highest BCUT2D eigenvalue weighted by molar-refractivity contribution is 6.30. The van der Waals surface area contributed by atoms with Crippen molar-refractivity contribution in [3.05, 3.63) is 64.6 Å². The molecule has 1 spiro atoms. The van der Waals surface area contributed by atoms with Crippen LogP contribution >= 0.6 is 11.6 Å². The van der Waals surface area contributed by atoms with Crippen molar-refractivity contribution in [2.45, 2.75) is 51.2 Å². The fraction of sp³-hybridized carbons (Fsp3) is 0.440. The predicted octanol–water partition coefficient (Wildman–Crippen LogP) is 4.46. The Kier molecular flexibility index (Phi) is 4.74. The molecule has 0 N–H and O–H groups in total. The number of pyridine rings is 1. The summed E-state index contributed by atoms with van der Waals surface area (Å²) >= 11 is 6.35.